The number of benzene rings is 2. The summed E-state index contributed by atoms with van der Waals surface area (Å²) >= 11 is 5.46. The van der Waals surface area contributed by atoms with Crippen molar-refractivity contribution < 1.29 is 9.47 Å². The Morgan fingerprint density at radius 2 is 1.62 bits per heavy atom. The van der Waals surface area contributed by atoms with Gasteiger partial charge in [0.25, 0.3) is 0 Å². The molecule has 0 amide bonds. The van der Waals surface area contributed by atoms with E-state index in [1.807, 2.05) is 18.2 Å². The van der Waals surface area contributed by atoms with Gasteiger partial charge in [-0.3, -0.25) is 0 Å². The smallest absolute Gasteiger partial charge is 0.175 e. The molecule has 0 heterocycles. The van der Waals surface area contributed by atoms with Gasteiger partial charge in [0.1, 0.15) is 11.5 Å². The topological polar surface area (TPSA) is 45.8 Å². The number of hydrogen-bond donors (Lipinski definition) is 2. The first-order valence-corrected chi connectivity index (χ1v) is 9.08. The van der Waals surface area contributed by atoms with E-state index in [9.17, 15) is 0 Å². The van der Waals surface area contributed by atoms with Crippen molar-refractivity contribution in [2.24, 2.45) is 0 Å². The van der Waals surface area contributed by atoms with Crippen LogP contribution < -0.4 is 25.0 Å². The van der Waals surface area contributed by atoms with Crippen LogP contribution in [0.25, 0.3) is 0 Å². The number of hydrogen-bond acceptors (Lipinski definition) is 4. The van der Waals surface area contributed by atoms with Crippen LogP contribution in [-0.2, 0) is 0 Å². The normalized spacial score (nSPS) is 10.2. The van der Waals surface area contributed by atoms with Gasteiger partial charge in [0, 0.05) is 30.5 Å². The number of anilines is 3. The Hall–Kier alpha value is -2.47. The molecular formula is C20H27N3O2S. The minimum absolute atomic E-state index is 0.507. The fraction of sp³-hybridized carbons (Fsp3) is 0.350. The lowest BCUT2D eigenvalue weighted by Crippen LogP contribution is -2.22. The van der Waals surface area contributed by atoms with Gasteiger partial charge < -0.3 is 25.0 Å². The SMILES string of the molecule is CCN(CC)c1ccc(NC(=S)Nc2ccc(OC)cc2OC)c(C)c1. The van der Waals surface area contributed by atoms with Gasteiger partial charge in [0.05, 0.1) is 19.9 Å². The number of nitrogens with one attached hydrogen (secondary N) is 2. The van der Waals surface area contributed by atoms with Crippen molar-refractivity contribution in [2.75, 3.05) is 42.8 Å². The molecule has 26 heavy (non-hydrogen) atoms. The zero-order valence-electron chi connectivity index (χ0n) is 16.1. The fourth-order valence-corrected chi connectivity index (χ4v) is 2.97. The summed E-state index contributed by atoms with van der Waals surface area (Å²) in [7, 11) is 3.24. The van der Waals surface area contributed by atoms with Crippen LogP contribution in [0.15, 0.2) is 36.4 Å². The predicted molar refractivity (Wildman–Crippen MR) is 114 cm³/mol. The molecule has 2 N–H and O–H groups in total. The van der Waals surface area contributed by atoms with E-state index in [0.717, 1.165) is 35.8 Å². The van der Waals surface area contributed by atoms with Crippen molar-refractivity contribution in [3.63, 3.8) is 0 Å². The van der Waals surface area contributed by atoms with E-state index in [-0.39, 0.29) is 0 Å². The molecule has 0 bridgehead atoms. The average Bonchev–Trinajstić information content (AvgIpc) is 2.65. The summed E-state index contributed by atoms with van der Waals surface area (Å²) < 4.78 is 10.6. The van der Waals surface area contributed by atoms with Gasteiger partial charge in [-0.1, -0.05) is 0 Å². The molecule has 0 fully saturated rings. The monoisotopic (exact) mass is 373 g/mol. The van der Waals surface area contributed by atoms with Crippen LogP contribution in [0.2, 0.25) is 0 Å². The highest BCUT2D eigenvalue weighted by Crippen LogP contribution is 2.29. The van der Waals surface area contributed by atoms with Crippen LogP contribution in [0.4, 0.5) is 17.1 Å². The molecule has 0 aromatic heterocycles. The van der Waals surface area contributed by atoms with Gasteiger partial charge in [-0.25, -0.2) is 0 Å². The molecule has 2 aromatic carbocycles. The molecule has 0 radical (unpaired) electrons. The van der Waals surface area contributed by atoms with E-state index in [1.165, 1.54) is 5.69 Å². The molecule has 0 spiro atoms. The predicted octanol–water partition coefficient (Wildman–Crippen LogP) is 4.67. The van der Waals surface area contributed by atoms with Gasteiger partial charge in [-0.05, 0) is 68.9 Å². The maximum atomic E-state index is 5.46. The quantitative estimate of drug-likeness (QED) is 0.688. The summed E-state index contributed by atoms with van der Waals surface area (Å²) in [5, 5.41) is 6.94. The minimum Gasteiger partial charge on any atom is -0.497 e. The molecule has 140 valence electrons. The highest BCUT2D eigenvalue weighted by molar-refractivity contribution is 7.80. The van der Waals surface area contributed by atoms with Crippen molar-refractivity contribution in [3.8, 4) is 11.5 Å². The molecule has 0 atom stereocenters. The van der Waals surface area contributed by atoms with Crippen LogP contribution in [0.5, 0.6) is 11.5 Å². The summed E-state index contributed by atoms with van der Waals surface area (Å²) in [4.78, 5) is 2.32. The van der Waals surface area contributed by atoms with Crippen LogP contribution >= 0.6 is 12.2 Å². The number of methoxy groups -OCH3 is 2. The molecule has 5 nitrogen and oxygen atoms in total. The lowest BCUT2D eigenvalue weighted by molar-refractivity contribution is 0.395. The Kier molecular flexibility index (Phi) is 7.09. The molecule has 0 aliphatic carbocycles. The fourth-order valence-electron chi connectivity index (χ4n) is 2.75. The van der Waals surface area contributed by atoms with Crippen molar-refractivity contribution in [1.29, 1.82) is 0 Å². The second-order valence-corrected chi connectivity index (χ2v) is 6.23. The number of aryl methyl sites for hydroxylation is 1. The number of rotatable bonds is 7. The third kappa shape index (κ3) is 4.79. The van der Waals surface area contributed by atoms with Crippen molar-refractivity contribution in [2.45, 2.75) is 20.8 Å². The Morgan fingerprint density at radius 1 is 0.962 bits per heavy atom. The van der Waals surface area contributed by atoms with E-state index in [2.05, 4.69) is 54.5 Å². The van der Waals surface area contributed by atoms with Gasteiger partial charge in [0.2, 0.25) is 0 Å². The van der Waals surface area contributed by atoms with Crippen molar-refractivity contribution in [3.05, 3.63) is 42.0 Å². The standard InChI is InChI=1S/C20H27N3O2S/c1-6-23(7-2)15-8-10-17(14(3)12-15)21-20(26)22-18-11-9-16(24-4)13-19(18)25-5/h8-13H,6-7H2,1-5H3,(H2,21,22,26). The largest absolute Gasteiger partial charge is 0.497 e. The summed E-state index contributed by atoms with van der Waals surface area (Å²) in [6.45, 7) is 8.37. The highest BCUT2D eigenvalue weighted by Gasteiger charge is 2.09. The molecular weight excluding hydrogens is 346 g/mol. The first-order chi connectivity index (χ1) is 12.5. The van der Waals surface area contributed by atoms with Gasteiger partial charge in [-0.2, -0.15) is 0 Å². The van der Waals surface area contributed by atoms with E-state index in [4.69, 9.17) is 21.7 Å². The summed E-state index contributed by atoms with van der Waals surface area (Å²) in [6, 6.07) is 11.9. The van der Waals surface area contributed by atoms with E-state index in [1.54, 1.807) is 14.2 Å². The molecule has 0 aliphatic rings. The second-order valence-electron chi connectivity index (χ2n) is 5.82. The Bertz CT molecular complexity index is 761. The number of nitrogens with zero attached hydrogens (tertiary/aromatic N) is 1. The van der Waals surface area contributed by atoms with Crippen LogP contribution in [0.3, 0.4) is 0 Å². The van der Waals surface area contributed by atoms with Crippen LogP contribution in [0, 0.1) is 6.92 Å². The average molecular weight is 374 g/mol. The van der Waals surface area contributed by atoms with Gasteiger partial charge in [0.15, 0.2) is 5.11 Å². The summed E-state index contributed by atoms with van der Waals surface area (Å²) in [5.41, 5.74) is 4.11. The van der Waals surface area contributed by atoms with Crippen molar-refractivity contribution in [1.82, 2.24) is 0 Å². The number of ether oxygens (including phenoxy) is 2. The Balaban J connectivity index is 2.11. The zero-order chi connectivity index (χ0) is 19.1. The Labute approximate surface area is 161 Å². The molecule has 2 rings (SSSR count). The first kappa shape index (κ1) is 19.8. The lowest BCUT2D eigenvalue weighted by Gasteiger charge is -2.22. The van der Waals surface area contributed by atoms with Gasteiger partial charge in [-0.15, -0.1) is 0 Å². The second kappa shape index (κ2) is 9.29. The zero-order valence-corrected chi connectivity index (χ0v) is 16.9. The number of thiocarbonyl (C=S) groups is 1. The van der Waals surface area contributed by atoms with E-state index < -0.39 is 0 Å². The molecule has 2 aromatic rings. The van der Waals surface area contributed by atoms with Crippen LogP contribution in [-0.4, -0.2) is 32.4 Å². The third-order valence-corrected chi connectivity index (χ3v) is 4.45. The third-order valence-electron chi connectivity index (χ3n) is 4.24. The molecule has 0 aliphatic heterocycles. The van der Waals surface area contributed by atoms with Crippen LogP contribution in [0.1, 0.15) is 19.4 Å². The highest BCUT2D eigenvalue weighted by atomic mass is 32.1. The Morgan fingerprint density at radius 3 is 2.19 bits per heavy atom. The van der Waals surface area contributed by atoms with Crippen molar-refractivity contribution >= 4 is 34.4 Å². The molecule has 0 saturated heterocycles. The maximum Gasteiger partial charge on any atom is 0.175 e. The molecule has 6 heteroatoms. The van der Waals surface area contributed by atoms with E-state index >= 15 is 0 Å². The van der Waals surface area contributed by atoms with Gasteiger partial charge >= 0.3 is 0 Å². The minimum atomic E-state index is 0.507. The summed E-state index contributed by atoms with van der Waals surface area (Å²) in [6.07, 6.45) is 0. The molecule has 0 unspecified atom stereocenters. The lowest BCUT2D eigenvalue weighted by atomic mass is 10.1. The first-order valence-electron chi connectivity index (χ1n) is 8.68. The summed E-state index contributed by atoms with van der Waals surface area (Å²) in [5.74, 6) is 1.40. The van der Waals surface area contributed by atoms with E-state index in [0.29, 0.717) is 10.9 Å². The molecule has 0 saturated carbocycles. The maximum absolute atomic E-state index is 5.46.